The molecule has 0 unspecified atom stereocenters. The quantitative estimate of drug-likeness (QED) is 0.0579. The van der Waals surface area contributed by atoms with Gasteiger partial charge in [0.05, 0.1) is 0 Å². The zero-order valence-electron chi connectivity index (χ0n) is 39.7. The molecule has 64 heavy (non-hydrogen) atoms. The van der Waals surface area contributed by atoms with Gasteiger partial charge in [0.1, 0.15) is 0 Å². The standard InChI is InChI=1S/2C29H31.2CH3.2ClH.Si.Zr/c2*1-4-5-6-7-8-23-19-28-26(24-13-9-21(2)10-14-24)17-18-27(29(28)20-23)25-15-11-22(3)12-16-25;;;;;;/h2*9-20H,4-8H2,1-3H3;2*1H3;2*1H;;/q4*-1;;;;. The van der Waals surface area contributed by atoms with E-state index in [-0.39, 0.29) is 39.7 Å². The van der Waals surface area contributed by atoms with Gasteiger partial charge in [-0.1, -0.05) is 242 Å². The maximum atomic E-state index is 3.06. The van der Waals surface area contributed by atoms with Gasteiger partial charge in [0, 0.05) is 0 Å². The zero-order valence-corrected chi connectivity index (χ0v) is 44.8. The molecule has 0 fully saturated rings. The molecule has 0 saturated carbocycles. The molecule has 0 aliphatic rings. The van der Waals surface area contributed by atoms with E-state index in [2.05, 4.69) is 194 Å². The van der Waals surface area contributed by atoms with Crippen LogP contribution < -0.4 is 0 Å². The Morgan fingerprint density at radius 1 is 0.375 bits per heavy atom. The fourth-order valence-corrected chi connectivity index (χ4v) is 8.46. The molecule has 0 amide bonds. The van der Waals surface area contributed by atoms with E-state index in [1.54, 1.807) is 0 Å². The summed E-state index contributed by atoms with van der Waals surface area (Å²) in [6.45, 7) is 16.2. The predicted molar refractivity (Wildman–Crippen MR) is 289 cm³/mol. The van der Waals surface area contributed by atoms with Gasteiger partial charge in [-0.3, -0.25) is 0 Å². The Morgan fingerprint density at radius 2 is 0.641 bits per heavy atom. The molecular formula is C60H70Cl2SiZr-4. The number of hydrogen-bond acceptors (Lipinski definition) is 0. The summed E-state index contributed by atoms with van der Waals surface area (Å²) in [4.78, 5) is 0. The minimum absolute atomic E-state index is 0. The second-order valence-electron chi connectivity index (χ2n) is 16.8. The van der Waals surface area contributed by atoms with E-state index in [9.17, 15) is 0 Å². The SMILES string of the molecule is CCCCCCc1cc2c(-c3ccc(C)cc3)ccc(-c3ccc(C)cc3)c2[cH-]1.CCCCCCc1cc2c(-c3ccc(C)cc3)ccc(-c3ccc(C)cc3)c2[cH-]1.Cl.Cl.[CH3-].[CH3-].[Si]=[Zr]. The second-order valence-corrected chi connectivity index (χ2v) is 16.8. The van der Waals surface area contributed by atoms with Crippen molar-refractivity contribution in [3.8, 4) is 44.5 Å². The zero-order chi connectivity index (χ0) is 42.4. The van der Waals surface area contributed by atoms with E-state index in [0.717, 1.165) is 0 Å². The Balaban J connectivity index is 0.000000400. The fraction of sp³-hybridized carbons (Fsp3) is 0.267. The van der Waals surface area contributed by atoms with Gasteiger partial charge in [-0.15, -0.1) is 69.6 Å². The molecule has 0 N–H and O–H groups in total. The van der Waals surface area contributed by atoms with Crippen LogP contribution in [0.25, 0.3) is 66.1 Å². The molecule has 0 spiro atoms. The molecule has 0 aliphatic heterocycles. The number of unbranched alkanes of at least 4 members (excludes halogenated alkanes) is 6. The van der Waals surface area contributed by atoms with Crippen LogP contribution in [0.15, 0.2) is 146 Å². The fourth-order valence-electron chi connectivity index (χ4n) is 8.46. The van der Waals surface area contributed by atoms with Crippen molar-refractivity contribution in [1.29, 1.82) is 0 Å². The molecule has 336 valence electrons. The Bertz CT molecular complexity index is 2210. The predicted octanol–water partition coefficient (Wildman–Crippen LogP) is 18.6. The third-order valence-corrected chi connectivity index (χ3v) is 12.0. The average molecular weight is 981 g/mol. The van der Waals surface area contributed by atoms with Crippen molar-refractivity contribution in [3.63, 3.8) is 0 Å². The monoisotopic (exact) mass is 978 g/mol. The van der Waals surface area contributed by atoms with Gasteiger partial charge in [-0.25, -0.2) is 0 Å². The Hall–Kier alpha value is -3.78. The normalized spacial score (nSPS) is 10.3. The molecular weight excluding hydrogens is 911 g/mol. The summed E-state index contributed by atoms with van der Waals surface area (Å²) in [5.74, 6) is 0. The van der Waals surface area contributed by atoms with Gasteiger partial charge >= 0.3 is 30.2 Å². The van der Waals surface area contributed by atoms with Crippen LogP contribution in [0.4, 0.5) is 0 Å². The first-order chi connectivity index (χ1) is 29.3. The number of halogens is 2. The maximum absolute atomic E-state index is 3.06. The Labute approximate surface area is 417 Å². The van der Waals surface area contributed by atoms with Crippen LogP contribution >= 0.6 is 24.8 Å². The molecule has 8 aromatic carbocycles. The molecule has 8 rings (SSSR count). The van der Waals surface area contributed by atoms with E-state index in [1.807, 2.05) is 0 Å². The van der Waals surface area contributed by atoms with Gasteiger partial charge < -0.3 is 14.9 Å². The molecule has 0 atom stereocenters. The molecule has 0 saturated heterocycles. The molecule has 4 heteroatoms. The van der Waals surface area contributed by atoms with E-state index in [1.165, 1.54) is 187 Å². The van der Waals surface area contributed by atoms with Crippen molar-refractivity contribution in [3.05, 3.63) is 194 Å². The van der Waals surface area contributed by atoms with E-state index >= 15 is 0 Å². The van der Waals surface area contributed by atoms with Crippen molar-refractivity contribution in [2.45, 2.75) is 106 Å². The van der Waals surface area contributed by atoms with Crippen molar-refractivity contribution in [1.82, 2.24) is 0 Å². The van der Waals surface area contributed by atoms with Crippen LogP contribution in [0.2, 0.25) is 0 Å². The summed E-state index contributed by atoms with van der Waals surface area (Å²) in [7, 11) is 0. The van der Waals surface area contributed by atoms with Crippen molar-refractivity contribution in [2.24, 2.45) is 0 Å². The molecule has 0 nitrogen and oxygen atoms in total. The number of fused-ring (bicyclic) bond motifs is 2. The van der Waals surface area contributed by atoms with Crippen LogP contribution in [-0.2, 0) is 36.2 Å². The first-order valence-electron chi connectivity index (χ1n) is 22.3. The molecule has 0 heterocycles. The summed E-state index contributed by atoms with van der Waals surface area (Å²) in [6, 6.07) is 54.7. The van der Waals surface area contributed by atoms with Crippen LogP contribution in [0.5, 0.6) is 0 Å². The molecule has 8 aromatic rings. The van der Waals surface area contributed by atoms with Crippen LogP contribution in [0, 0.1) is 42.5 Å². The van der Waals surface area contributed by atoms with Gasteiger partial charge in [-0.2, -0.15) is 12.1 Å². The van der Waals surface area contributed by atoms with Gasteiger partial charge in [0.15, 0.2) is 0 Å². The van der Waals surface area contributed by atoms with Crippen LogP contribution in [0.3, 0.4) is 0 Å². The average Bonchev–Trinajstić information content (AvgIpc) is 3.91. The van der Waals surface area contributed by atoms with Gasteiger partial charge in [0.25, 0.3) is 0 Å². The number of hydrogen-bond donors (Lipinski definition) is 0. The number of rotatable bonds is 14. The molecule has 0 bridgehead atoms. The summed E-state index contributed by atoms with van der Waals surface area (Å²) in [5, 5.41) is 5.55. The Kier molecular flexibility index (Phi) is 24.9. The molecule has 2 radical (unpaired) electrons. The van der Waals surface area contributed by atoms with Gasteiger partial charge in [0.2, 0.25) is 0 Å². The summed E-state index contributed by atoms with van der Waals surface area (Å²) in [6.07, 6.45) is 12.8. The number of benzene rings is 6. The summed E-state index contributed by atoms with van der Waals surface area (Å²) in [5.41, 5.74) is 18.8. The molecule has 0 aromatic heterocycles. The van der Waals surface area contributed by atoms with Crippen molar-refractivity contribution < 1.29 is 23.3 Å². The Morgan fingerprint density at radius 3 is 0.922 bits per heavy atom. The van der Waals surface area contributed by atoms with Crippen molar-refractivity contribution >= 4 is 53.2 Å². The van der Waals surface area contributed by atoms with Gasteiger partial charge in [-0.05, 0) is 51.7 Å². The first-order valence-corrected chi connectivity index (χ1v) is 26.5. The summed E-state index contributed by atoms with van der Waals surface area (Å²) >= 11 is 1.36. The van der Waals surface area contributed by atoms with Crippen molar-refractivity contribution in [2.75, 3.05) is 0 Å². The third kappa shape index (κ3) is 14.6. The van der Waals surface area contributed by atoms with Crippen LogP contribution in [0.1, 0.15) is 98.6 Å². The number of aryl methyl sites for hydroxylation is 6. The van der Waals surface area contributed by atoms with E-state index < -0.39 is 0 Å². The van der Waals surface area contributed by atoms with E-state index in [0.29, 0.717) is 0 Å². The molecule has 0 aliphatic carbocycles. The third-order valence-electron chi connectivity index (χ3n) is 12.0. The topological polar surface area (TPSA) is 0 Å². The van der Waals surface area contributed by atoms with Crippen LogP contribution in [-0.4, -0.2) is 6.88 Å². The minimum atomic E-state index is 0. The van der Waals surface area contributed by atoms with E-state index in [4.69, 9.17) is 0 Å². The summed E-state index contributed by atoms with van der Waals surface area (Å²) < 4.78 is 0. The first kappa shape index (κ1) is 56.3. The second kappa shape index (κ2) is 28.3.